The fourth-order valence-electron chi connectivity index (χ4n) is 2.27. The van der Waals surface area contributed by atoms with Crippen molar-refractivity contribution in [2.24, 2.45) is 11.7 Å². The van der Waals surface area contributed by atoms with Gasteiger partial charge in [0.1, 0.15) is 5.82 Å². The van der Waals surface area contributed by atoms with Crippen molar-refractivity contribution in [1.29, 1.82) is 0 Å². The minimum absolute atomic E-state index is 0.350. The number of halogens is 1. The summed E-state index contributed by atoms with van der Waals surface area (Å²) in [5.41, 5.74) is 7.99. The minimum atomic E-state index is -0.350. The van der Waals surface area contributed by atoms with Crippen LogP contribution in [0, 0.1) is 5.92 Å². The van der Waals surface area contributed by atoms with Gasteiger partial charge in [-0.05, 0) is 37.8 Å². The average Bonchev–Trinajstić information content (AvgIpc) is 3.07. The zero-order chi connectivity index (χ0) is 12.8. The number of hydrogen-bond donors (Lipinski definition) is 2. The van der Waals surface area contributed by atoms with E-state index < -0.39 is 0 Å². The second-order valence-corrected chi connectivity index (χ2v) is 5.65. The van der Waals surface area contributed by atoms with Crippen LogP contribution < -0.4 is 5.73 Å². The van der Waals surface area contributed by atoms with Crippen molar-refractivity contribution in [1.82, 2.24) is 9.97 Å². The van der Waals surface area contributed by atoms with E-state index in [0.717, 1.165) is 22.1 Å². The van der Waals surface area contributed by atoms with E-state index in [1.54, 1.807) is 0 Å². The first kappa shape index (κ1) is 11.8. The highest BCUT2D eigenvalue weighted by molar-refractivity contribution is 6.30. The summed E-state index contributed by atoms with van der Waals surface area (Å²) in [4.78, 5) is 7.76. The average molecular weight is 262 g/mol. The molecule has 0 amide bonds. The van der Waals surface area contributed by atoms with Gasteiger partial charge in [-0.25, -0.2) is 4.98 Å². The molecule has 1 aromatic heterocycles. The molecule has 1 aromatic carbocycles. The van der Waals surface area contributed by atoms with Crippen LogP contribution in [0.1, 0.15) is 25.6 Å². The van der Waals surface area contributed by atoms with E-state index in [9.17, 15) is 0 Å². The lowest BCUT2D eigenvalue weighted by Crippen LogP contribution is -2.36. The van der Waals surface area contributed by atoms with Gasteiger partial charge in [-0.2, -0.15) is 0 Å². The first-order valence-corrected chi connectivity index (χ1v) is 6.55. The number of aromatic amines is 1. The Labute approximate surface area is 111 Å². The third kappa shape index (κ3) is 2.04. The second-order valence-electron chi connectivity index (χ2n) is 5.21. The molecular formula is C14H16ClN3. The largest absolute Gasteiger partial charge is 0.340 e. The van der Waals surface area contributed by atoms with E-state index in [1.807, 2.05) is 37.4 Å². The standard InChI is InChI=1S/C14H16ClN3/c1-14(16,10-5-6-10)13-17-8-12(18-13)9-3-2-4-11(15)7-9/h2-4,7-8,10H,5-6,16H2,1H3,(H,17,18). The zero-order valence-corrected chi connectivity index (χ0v) is 11.0. The van der Waals surface area contributed by atoms with Gasteiger partial charge < -0.3 is 10.7 Å². The van der Waals surface area contributed by atoms with Crippen molar-refractivity contribution in [3.8, 4) is 11.3 Å². The van der Waals surface area contributed by atoms with Gasteiger partial charge in [-0.15, -0.1) is 0 Å². The molecule has 1 atom stereocenters. The normalized spacial score (nSPS) is 18.6. The summed E-state index contributed by atoms with van der Waals surface area (Å²) in [6, 6.07) is 7.72. The molecular weight excluding hydrogens is 246 g/mol. The van der Waals surface area contributed by atoms with E-state index in [2.05, 4.69) is 9.97 Å². The predicted octanol–water partition coefficient (Wildman–Crippen LogP) is 3.31. The second kappa shape index (κ2) is 4.11. The number of aromatic nitrogens is 2. The molecule has 3 nitrogen and oxygen atoms in total. The lowest BCUT2D eigenvalue weighted by atomic mass is 9.97. The Bertz CT molecular complexity index is 570. The van der Waals surface area contributed by atoms with Crippen LogP contribution in [-0.4, -0.2) is 9.97 Å². The van der Waals surface area contributed by atoms with Crippen molar-refractivity contribution in [2.75, 3.05) is 0 Å². The third-order valence-electron chi connectivity index (χ3n) is 3.65. The van der Waals surface area contributed by atoms with Crippen LogP contribution in [0.2, 0.25) is 5.02 Å². The van der Waals surface area contributed by atoms with Gasteiger partial charge in [0.25, 0.3) is 0 Å². The lowest BCUT2D eigenvalue weighted by molar-refractivity contribution is 0.404. The van der Waals surface area contributed by atoms with Gasteiger partial charge in [0.2, 0.25) is 0 Å². The first-order valence-electron chi connectivity index (χ1n) is 6.17. The summed E-state index contributed by atoms with van der Waals surface area (Å²) >= 11 is 5.99. The predicted molar refractivity (Wildman–Crippen MR) is 73.3 cm³/mol. The quantitative estimate of drug-likeness (QED) is 0.891. The molecule has 3 N–H and O–H groups in total. The maximum Gasteiger partial charge on any atom is 0.126 e. The minimum Gasteiger partial charge on any atom is -0.340 e. The molecule has 94 valence electrons. The summed E-state index contributed by atoms with van der Waals surface area (Å²) in [5.74, 6) is 1.41. The number of rotatable bonds is 3. The summed E-state index contributed by atoms with van der Waals surface area (Å²) in [6.45, 7) is 2.05. The molecule has 0 aliphatic heterocycles. The van der Waals surface area contributed by atoms with Gasteiger partial charge in [0, 0.05) is 10.6 Å². The van der Waals surface area contributed by atoms with Crippen molar-refractivity contribution >= 4 is 11.6 Å². The number of nitrogens with two attached hydrogens (primary N) is 1. The van der Waals surface area contributed by atoms with Gasteiger partial charge in [-0.1, -0.05) is 23.7 Å². The Kier molecular flexibility index (Phi) is 2.68. The Morgan fingerprint density at radius 1 is 1.44 bits per heavy atom. The third-order valence-corrected chi connectivity index (χ3v) is 3.88. The summed E-state index contributed by atoms with van der Waals surface area (Å²) < 4.78 is 0. The van der Waals surface area contributed by atoms with Crippen LogP contribution in [0.5, 0.6) is 0 Å². The van der Waals surface area contributed by atoms with Crippen LogP contribution in [0.4, 0.5) is 0 Å². The van der Waals surface area contributed by atoms with E-state index in [1.165, 1.54) is 12.8 Å². The van der Waals surface area contributed by atoms with Crippen LogP contribution in [0.15, 0.2) is 30.5 Å². The molecule has 1 heterocycles. The van der Waals surface area contributed by atoms with Crippen LogP contribution in [-0.2, 0) is 5.54 Å². The first-order chi connectivity index (χ1) is 8.57. The highest BCUT2D eigenvalue weighted by atomic mass is 35.5. The van der Waals surface area contributed by atoms with Gasteiger partial charge in [0.15, 0.2) is 0 Å². The molecule has 4 heteroatoms. The molecule has 1 unspecified atom stereocenters. The molecule has 3 rings (SSSR count). The zero-order valence-electron chi connectivity index (χ0n) is 10.3. The molecule has 2 aromatic rings. The van der Waals surface area contributed by atoms with E-state index in [4.69, 9.17) is 17.3 Å². The summed E-state index contributed by atoms with van der Waals surface area (Å²) in [6.07, 6.45) is 4.22. The molecule has 1 fully saturated rings. The molecule has 18 heavy (non-hydrogen) atoms. The SMILES string of the molecule is CC(N)(c1ncc(-c2cccc(Cl)c2)[nH]1)C1CC1. The molecule has 1 aliphatic rings. The number of imidazole rings is 1. The van der Waals surface area contributed by atoms with Gasteiger partial charge in [0.05, 0.1) is 17.4 Å². The Morgan fingerprint density at radius 3 is 2.89 bits per heavy atom. The highest BCUT2D eigenvalue weighted by Crippen LogP contribution is 2.43. The number of hydrogen-bond acceptors (Lipinski definition) is 2. The summed E-state index contributed by atoms with van der Waals surface area (Å²) in [7, 11) is 0. The van der Waals surface area contributed by atoms with Crippen molar-refractivity contribution in [3.63, 3.8) is 0 Å². The van der Waals surface area contributed by atoms with E-state index >= 15 is 0 Å². The maximum absolute atomic E-state index is 6.34. The highest BCUT2D eigenvalue weighted by Gasteiger charge is 2.41. The van der Waals surface area contributed by atoms with Gasteiger partial charge >= 0.3 is 0 Å². The lowest BCUT2D eigenvalue weighted by Gasteiger charge is -2.21. The van der Waals surface area contributed by atoms with Crippen LogP contribution in [0.3, 0.4) is 0 Å². The molecule has 0 bridgehead atoms. The van der Waals surface area contributed by atoms with Crippen LogP contribution in [0.25, 0.3) is 11.3 Å². The number of nitrogens with zero attached hydrogens (tertiary/aromatic N) is 1. The molecule has 0 spiro atoms. The monoisotopic (exact) mass is 261 g/mol. The number of H-pyrrole nitrogens is 1. The Morgan fingerprint density at radius 2 is 2.22 bits per heavy atom. The fourth-order valence-corrected chi connectivity index (χ4v) is 2.46. The number of nitrogens with one attached hydrogen (secondary N) is 1. The van der Waals surface area contributed by atoms with Crippen molar-refractivity contribution in [2.45, 2.75) is 25.3 Å². The topological polar surface area (TPSA) is 54.7 Å². The molecule has 1 aliphatic carbocycles. The fraction of sp³-hybridized carbons (Fsp3) is 0.357. The smallest absolute Gasteiger partial charge is 0.126 e. The van der Waals surface area contributed by atoms with E-state index in [-0.39, 0.29) is 5.54 Å². The maximum atomic E-state index is 6.34. The van der Waals surface area contributed by atoms with E-state index in [0.29, 0.717) is 5.92 Å². The number of benzene rings is 1. The van der Waals surface area contributed by atoms with Crippen molar-refractivity contribution < 1.29 is 0 Å². The molecule has 1 saturated carbocycles. The molecule has 0 radical (unpaired) electrons. The summed E-state index contributed by atoms with van der Waals surface area (Å²) in [5, 5.41) is 0.723. The molecule has 0 saturated heterocycles. The Balaban J connectivity index is 1.94. The van der Waals surface area contributed by atoms with Gasteiger partial charge in [-0.3, -0.25) is 0 Å². The van der Waals surface area contributed by atoms with Crippen LogP contribution >= 0.6 is 11.6 Å². The van der Waals surface area contributed by atoms with Crippen molar-refractivity contribution in [3.05, 3.63) is 41.3 Å². The Hall–Kier alpha value is -1.32.